The van der Waals surface area contributed by atoms with Gasteiger partial charge in [0.15, 0.2) is 5.71 Å². The molecule has 1 aromatic heterocycles. The van der Waals surface area contributed by atoms with Crippen LogP contribution in [0.2, 0.25) is 0 Å². The molecule has 2 heterocycles. The summed E-state index contributed by atoms with van der Waals surface area (Å²) in [6.45, 7) is 4.44. The Balaban J connectivity index is 2.19. The van der Waals surface area contributed by atoms with Gasteiger partial charge in [0.05, 0.1) is 5.56 Å². The number of nitrogens with zero attached hydrogens (tertiary/aromatic N) is 3. The predicted octanol–water partition coefficient (Wildman–Crippen LogP) is -0.290. The summed E-state index contributed by atoms with van der Waals surface area (Å²) in [5.41, 5.74) is 4.92. The van der Waals surface area contributed by atoms with E-state index in [1.165, 1.54) is 12.4 Å². The average Bonchev–Trinajstić information content (AvgIpc) is 2.94. The normalized spacial score (nSPS) is 17.1. The van der Waals surface area contributed by atoms with Crippen LogP contribution >= 0.6 is 0 Å². The van der Waals surface area contributed by atoms with Gasteiger partial charge in [0.1, 0.15) is 18.0 Å². The summed E-state index contributed by atoms with van der Waals surface area (Å²) < 4.78 is 0. The van der Waals surface area contributed by atoms with Gasteiger partial charge in [-0.1, -0.05) is 6.58 Å². The summed E-state index contributed by atoms with van der Waals surface area (Å²) in [7, 11) is 0. The van der Waals surface area contributed by atoms with Gasteiger partial charge in [-0.3, -0.25) is 10.2 Å². The van der Waals surface area contributed by atoms with Gasteiger partial charge >= 0.3 is 5.97 Å². The number of nitrogens with two attached hydrogens (primary N) is 1. The van der Waals surface area contributed by atoms with Crippen LogP contribution in [0.25, 0.3) is 0 Å². The molecule has 1 atom stereocenters. The van der Waals surface area contributed by atoms with Crippen molar-refractivity contribution in [1.29, 1.82) is 5.41 Å². The highest BCUT2D eigenvalue weighted by Crippen LogP contribution is 2.21. The Kier molecular flexibility index (Phi) is 4.35. The molecule has 1 amide bonds. The lowest BCUT2D eigenvalue weighted by atomic mass is 10.1. The first-order valence-corrected chi connectivity index (χ1v) is 6.54. The molecule has 116 valence electrons. The molecule has 0 radical (unpaired) electrons. The van der Waals surface area contributed by atoms with Crippen molar-refractivity contribution in [2.24, 2.45) is 0 Å². The fourth-order valence-corrected chi connectivity index (χ4v) is 2.26. The third-order valence-corrected chi connectivity index (χ3v) is 3.36. The molecule has 22 heavy (non-hydrogen) atoms. The van der Waals surface area contributed by atoms with Crippen LogP contribution in [0.5, 0.6) is 0 Å². The minimum atomic E-state index is -1.42. The molecule has 0 aliphatic carbocycles. The van der Waals surface area contributed by atoms with E-state index in [2.05, 4.69) is 21.9 Å². The van der Waals surface area contributed by atoms with Gasteiger partial charge < -0.3 is 21.1 Å². The van der Waals surface area contributed by atoms with Crippen molar-refractivity contribution >= 4 is 29.2 Å². The van der Waals surface area contributed by atoms with E-state index >= 15 is 0 Å². The number of carbonyl (C=O) groups is 2. The van der Waals surface area contributed by atoms with E-state index in [0.717, 1.165) is 0 Å². The van der Waals surface area contributed by atoms with E-state index in [1.807, 2.05) is 0 Å². The van der Waals surface area contributed by atoms with Gasteiger partial charge in [-0.05, 0) is 12.5 Å². The molecule has 1 aliphatic heterocycles. The Morgan fingerprint density at radius 3 is 2.91 bits per heavy atom. The highest BCUT2D eigenvalue weighted by atomic mass is 16.4. The standard InChI is InChI=1S/C13H16N6O3/c1-2-8(20)19-4-3-7(5-19)18-12-9(10(14)13(21)22)11(15)16-6-17-12/h2,6-7,14H,1,3-5H2,(H,21,22)(H3,15,16,17,18)/t7-/m1/s1. The molecule has 1 fully saturated rings. The Morgan fingerprint density at radius 2 is 2.27 bits per heavy atom. The monoisotopic (exact) mass is 304 g/mol. The molecule has 5 N–H and O–H groups in total. The minimum absolute atomic E-state index is 0.0523. The van der Waals surface area contributed by atoms with Gasteiger partial charge in [-0.2, -0.15) is 0 Å². The molecule has 1 aromatic rings. The second-order valence-electron chi connectivity index (χ2n) is 4.78. The molecular formula is C13H16N6O3. The lowest BCUT2D eigenvalue weighted by Gasteiger charge is -2.17. The van der Waals surface area contributed by atoms with E-state index in [4.69, 9.17) is 16.2 Å². The van der Waals surface area contributed by atoms with Crippen LogP contribution in [-0.2, 0) is 9.59 Å². The van der Waals surface area contributed by atoms with Crippen molar-refractivity contribution in [3.8, 4) is 0 Å². The molecule has 0 spiro atoms. The van der Waals surface area contributed by atoms with Crippen LogP contribution in [0.15, 0.2) is 19.0 Å². The first-order valence-electron chi connectivity index (χ1n) is 6.54. The Labute approximate surface area is 126 Å². The summed E-state index contributed by atoms with van der Waals surface area (Å²) in [4.78, 5) is 31.9. The van der Waals surface area contributed by atoms with Gasteiger partial charge in [0.25, 0.3) is 0 Å². The number of anilines is 2. The number of carbonyl (C=O) groups excluding carboxylic acids is 1. The van der Waals surface area contributed by atoms with Crippen molar-refractivity contribution < 1.29 is 14.7 Å². The van der Waals surface area contributed by atoms with E-state index in [0.29, 0.717) is 19.5 Å². The molecule has 0 saturated carbocycles. The molecule has 2 rings (SSSR count). The Morgan fingerprint density at radius 1 is 1.55 bits per heavy atom. The van der Waals surface area contributed by atoms with Gasteiger partial charge in [0, 0.05) is 19.1 Å². The smallest absolute Gasteiger partial charge is 0.354 e. The highest BCUT2D eigenvalue weighted by molar-refractivity contribution is 6.43. The fourth-order valence-electron chi connectivity index (χ4n) is 2.26. The number of hydrogen-bond acceptors (Lipinski definition) is 7. The summed E-state index contributed by atoms with van der Waals surface area (Å²) in [5.74, 6) is -1.48. The topological polar surface area (TPSA) is 145 Å². The van der Waals surface area contributed by atoms with E-state index < -0.39 is 11.7 Å². The highest BCUT2D eigenvalue weighted by Gasteiger charge is 2.27. The van der Waals surface area contributed by atoms with Crippen LogP contribution < -0.4 is 11.1 Å². The fraction of sp³-hybridized carbons (Fsp3) is 0.308. The van der Waals surface area contributed by atoms with E-state index in [9.17, 15) is 9.59 Å². The van der Waals surface area contributed by atoms with Crippen molar-refractivity contribution in [2.75, 3.05) is 24.1 Å². The Bertz CT molecular complexity index is 645. The molecule has 9 nitrogen and oxygen atoms in total. The third-order valence-electron chi connectivity index (χ3n) is 3.36. The third kappa shape index (κ3) is 3.03. The number of nitrogens with one attached hydrogen (secondary N) is 2. The zero-order valence-electron chi connectivity index (χ0n) is 11.7. The lowest BCUT2D eigenvalue weighted by Crippen LogP contribution is -2.31. The van der Waals surface area contributed by atoms with Gasteiger partial charge in [-0.15, -0.1) is 0 Å². The second-order valence-corrected chi connectivity index (χ2v) is 4.78. The number of rotatable bonds is 5. The summed E-state index contributed by atoms with van der Waals surface area (Å²) in [5, 5.41) is 19.6. The van der Waals surface area contributed by atoms with Crippen LogP contribution in [0.4, 0.5) is 11.6 Å². The molecule has 0 aromatic carbocycles. The molecule has 0 unspecified atom stereocenters. The van der Waals surface area contributed by atoms with Crippen molar-refractivity contribution in [2.45, 2.75) is 12.5 Å². The lowest BCUT2D eigenvalue weighted by molar-refractivity contribution is -0.129. The number of aliphatic carboxylic acids is 1. The minimum Gasteiger partial charge on any atom is -0.477 e. The van der Waals surface area contributed by atoms with Crippen molar-refractivity contribution in [1.82, 2.24) is 14.9 Å². The number of nitrogen functional groups attached to an aromatic ring is 1. The predicted molar refractivity (Wildman–Crippen MR) is 79.7 cm³/mol. The van der Waals surface area contributed by atoms with Crippen LogP contribution in [0.1, 0.15) is 12.0 Å². The van der Waals surface area contributed by atoms with Crippen molar-refractivity contribution in [3.63, 3.8) is 0 Å². The quantitative estimate of drug-likeness (QED) is 0.432. The molecule has 1 aliphatic rings. The SMILES string of the molecule is C=CC(=O)N1CC[C@@H](Nc2ncnc(N)c2C(=N)C(=O)O)C1. The zero-order chi connectivity index (χ0) is 16.3. The first-order chi connectivity index (χ1) is 10.4. The maximum absolute atomic E-state index is 11.6. The number of likely N-dealkylation sites (tertiary alicyclic amines) is 1. The maximum atomic E-state index is 11.6. The number of hydrogen-bond donors (Lipinski definition) is 4. The van der Waals surface area contributed by atoms with Gasteiger partial charge in [0.2, 0.25) is 5.91 Å². The zero-order valence-corrected chi connectivity index (χ0v) is 11.7. The summed E-state index contributed by atoms with van der Waals surface area (Å²) in [6, 6.07) is -0.112. The maximum Gasteiger partial charge on any atom is 0.354 e. The summed E-state index contributed by atoms with van der Waals surface area (Å²) in [6.07, 6.45) is 3.11. The van der Waals surface area contributed by atoms with Crippen LogP contribution in [0.3, 0.4) is 0 Å². The number of carboxylic acids is 1. The first kappa shape index (κ1) is 15.4. The van der Waals surface area contributed by atoms with E-state index in [-0.39, 0.29) is 29.1 Å². The second kappa shape index (κ2) is 6.20. The van der Waals surface area contributed by atoms with Crippen LogP contribution in [0, 0.1) is 5.41 Å². The Hall–Kier alpha value is -2.97. The molecular weight excluding hydrogens is 288 g/mol. The molecule has 1 saturated heterocycles. The number of aromatic nitrogens is 2. The number of amides is 1. The largest absolute Gasteiger partial charge is 0.477 e. The molecule has 0 bridgehead atoms. The summed E-state index contributed by atoms with van der Waals surface area (Å²) >= 11 is 0. The van der Waals surface area contributed by atoms with E-state index in [1.54, 1.807) is 4.90 Å². The molecule has 9 heteroatoms. The van der Waals surface area contributed by atoms with Crippen molar-refractivity contribution in [3.05, 3.63) is 24.5 Å². The van der Waals surface area contributed by atoms with Gasteiger partial charge in [-0.25, -0.2) is 14.8 Å². The average molecular weight is 304 g/mol. The number of carboxylic acid groups (broad SMARTS) is 1. The van der Waals surface area contributed by atoms with Crippen LogP contribution in [-0.4, -0.2) is 56.7 Å².